The molecule has 2 aromatic heterocycles. The number of amides is 1. The molecule has 3 N–H and O–H groups in total. The lowest BCUT2D eigenvalue weighted by Gasteiger charge is -2.09. The molecule has 0 radical (unpaired) electrons. The SMILES string of the molecule is CC(=O)Nc1ccc(Nc2nccc(Nc3cnc4ccccc4c3)n2)cc1. The third kappa shape index (κ3) is 4.21. The Kier molecular flexibility index (Phi) is 4.79. The maximum atomic E-state index is 11.1. The number of benzene rings is 2. The molecule has 0 spiro atoms. The average Bonchev–Trinajstić information content (AvgIpc) is 2.69. The van der Waals surface area contributed by atoms with E-state index in [2.05, 4.69) is 30.9 Å². The quantitative estimate of drug-likeness (QED) is 0.480. The van der Waals surface area contributed by atoms with Gasteiger partial charge in [0.05, 0.1) is 17.4 Å². The number of nitrogens with zero attached hydrogens (tertiary/aromatic N) is 3. The molecule has 0 unspecified atom stereocenters. The molecular formula is C21H18N6O. The molecule has 0 bridgehead atoms. The van der Waals surface area contributed by atoms with Gasteiger partial charge in [0.15, 0.2) is 0 Å². The second-order valence-electron chi connectivity index (χ2n) is 6.19. The summed E-state index contributed by atoms with van der Waals surface area (Å²) in [6.07, 6.45) is 3.45. The molecule has 0 aliphatic carbocycles. The molecule has 1 amide bonds. The number of rotatable bonds is 5. The molecule has 0 aliphatic heterocycles. The molecule has 28 heavy (non-hydrogen) atoms. The molecule has 0 fully saturated rings. The van der Waals surface area contributed by atoms with Crippen LogP contribution >= 0.6 is 0 Å². The fraction of sp³-hybridized carbons (Fsp3) is 0.0476. The van der Waals surface area contributed by atoms with E-state index in [1.165, 1.54) is 6.92 Å². The summed E-state index contributed by atoms with van der Waals surface area (Å²) >= 11 is 0. The van der Waals surface area contributed by atoms with Crippen molar-refractivity contribution in [1.82, 2.24) is 15.0 Å². The standard InChI is InChI=1S/C21H18N6O/c1-14(28)24-16-6-8-17(9-7-16)26-21-22-11-10-20(27-21)25-18-12-15-4-2-3-5-19(15)23-13-18/h2-13H,1H3,(H,24,28)(H2,22,25,26,27). The molecule has 0 saturated carbocycles. The number of hydrogen-bond donors (Lipinski definition) is 3. The minimum atomic E-state index is -0.106. The Bertz CT molecular complexity index is 1130. The van der Waals surface area contributed by atoms with Gasteiger partial charge in [-0.2, -0.15) is 4.98 Å². The van der Waals surface area contributed by atoms with Gasteiger partial charge in [-0.25, -0.2) is 4.98 Å². The number of nitrogens with one attached hydrogen (secondary N) is 3. The summed E-state index contributed by atoms with van der Waals surface area (Å²) in [4.78, 5) is 24.3. The highest BCUT2D eigenvalue weighted by Crippen LogP contribution is 2.21. The number of pyridine rings is 1. The number of aromatic nitrogens is 3. The van der Waals surface area contributed by atoms with Crippen molar-refractivity contribution < 1.29 is 4.79 Å². The van der Waals surface area contributed by atoms with Gasteiger partial charge in [-0.3, -0.25) is 9.78 Å². The number of carbonyl (C=O) groups is 1. The summed E-state index contributed by atoms with van der Waals surface area (Å²) < 4.78 is 0. The number of fused-ring (bicyclic) bond motifs is 1. The van der Waals surface area contributed by atoms with Crippen LogP contribution in [0.2, 0.25) is 0 Å². The van der Waals surface area contributed by atoms with E-state index in [1.54, 1.807) is 18.5 Å². The van der Waals surface area contributed by atoms with Gasteiger partial charge in [-0.15, -0.1) is 0 Å². The van der Waals surface area contributed by atoms with E-state index in [0.29, 0.717) is 11.8 Å². The van der Waals surface area contributed by atoms with Crippen LogP contribution in [0.4, 0.5) is 28.8 Å². The molecule has 138 valence electrons. The Morgan fingerprint density at radius 3 is 2.46 bits per heavy atom. The number of para-hydroxylation sites is 1. The normalized spacial score (nSPS) is 10.5. The highest BCUT2D eigenvalue weighted by atomic mass is 16.1. The minimum absolute atomic E-state index is 0.106. The average molecular weight is 370 g/mol. The number of hydrogen-bond acceptors (Lipinski definition) is 6. The summed E-state index contributed by atoms with van der Waals surface area (Å²) in [5.41, 5.74) is 3.35. The van der Waals surface area contributed by atoms with Gasteiger partial charge in [-0.1, -0.05) is 18.2 Å². The third-order valence-corrected chi connectivity index (χ3v) is 3.98. The van der Waals surface area contributed by atoms with E-state index in [4.69, 9.17) is 0 Å². The van der Waals surface area contributed by atoms with Crippen molar-refractivity contribution in [3.05, 3.63) is 73.1 Å². The first-order valence-corrected chi connectivity index (χ1v) is 8.75. The molecule has 2 heterocycles. The van der Waals surface area contributed by atoms with E-state index in [9.17, 15) is 4.79 Å². The van der Waals surface area contributed by atoms with E-state index >= 15 is 0 Å². The highest BCUT2D eigenvalue weighted by molar-refractivity contribution is 5.88. The first kappa shape index (κ1) is 17.4. The zero-order valence-electron chi connectivity index (χ0n) is 15.2. The Hall–Kier alpha value is -4.00. The molecule has 2 aromatic carbocycles. The van der Waals surface area contributed by atoms with Gasteiger partial charge < -0.3 is 16.0 Å². The summed E-state index contributed by atoms with van der Waals surface area (Å²) in [7, 11) is 0. The maximum absolute atomic E-state index is 11.1. The van der Waals surface area contributed by atoms with Gasteiger partial charge in [0.1, 0.15) is 5.82 Å². The molecule has 7 nitrogen and oxygen atoms in total. The molecule has 0 atom stereocenters. The van der Waals surface area contributed by atoms with E-state index in [0.717, 1.165) is 28.0 Å². The predicted octanol–water partition coefficient (Wildman–Crippen LogP) is 4.47. The number of carbonyl (C=O) groups excluding carboxylic acids is 1. The summed E-state index contributed by atoms with van der Waals surface area (Å²) in [6.45, 7) is 1.48. The fourth-order valence-corrected chi connectivity index (χ4v) is 2.75. The van der Waals surface area contributed by atoms with Crippen LogP contribution in [0, 0.1) is 0 Å². The minimum Gasteiger partial charge on any atom is -0.339 e. The monoisotopic (exact) mass is 370 g/mol. The van der Waals surface area contributed by atoms with Crippen molar-refractivity contribution in [3.63, 3.8) is 0 Å². The van der Waals surface area contributed by atoms with E-state index in [1.807, 2.05) is 54.6 Å². The second kappa shape index (κ2) is 7.71. The lowest BCUT2D eigenvalue weighted by molar-refractivity contribution is -0.114. The molecule has 0 saturated heterocycles. The van der Waals surface area contributed by atoms with Crippen LogP contribution in [0.1, 0.15) is 6.92 Å². The van der Waals surface area contributed by atoms with Crippen molar-refractivity contribution in [3.8, 4) is 0 Å². The van der Waals surface area contributed by atoms with Crippen LogP contribution < -0.4 is 16.0 Å². The first-order chi connectivity index (χ1) is 13.7. The van der Waals surface area contributed by atoms with Gasteiger partial charge in [0, 0.05) is 29.9 Å². The molecule has 7 heteroatoms. The largest absolute Gasteiger partial charge is 0.339 e. The summed E-state index contributed by atoms with van der Waals surface area (Å²) in [5, 5.41) is 10.2. The Balaban J connectivity index is 1.48. The highest BCUT2D eigenvalue weighted by Gasteiger charge is 2.03. The van der Waals surface area contributed by atoms with E-state index in [-0.39, 0.29) is 5.91 Å². The number of anilines is 5. The van der Waals surface area contributed by atoms with Gasteiger partial charge in [0.2, 0.25) is 11.9 Å². The maximum Gasteiger partial charge on any atom is 0.229 e. The lowest BCUT2D eigenvalue weighted by Crippen LogP contribution is -2.05. The van der Waals surface area contributed by atoms with Gasteiger partial charge in [0.25, 0.3) is 0 Å². The smallest absolute Gasteiger partial charge is 0.229 e. The van der Waals surface area contributed by atoms with Crippen LogP contribution in [-0.2, 0) is 4.79 Å². The second-order valence-corrected chi connectivity index (χ2v) is 6.19. The van der Waals surface area contributed by atoms with Crippen LogP contribution in [0.15, 0.2) is 73.1 Å². The van der Waals surface area contributed by atoms with Crippen molar-refractivity contribution in [2.24, 2.45) is 0 Å². The van der Waals surface area contributed by atoms with Crippen molar-refractivity contribution in [1.29, 1.82) is 0 Å². The first-order valence-electron chi connectivity index (χ1n) is 8.75. The molecule has 0 aliphatic rings. The zero-order valence-corrected chi connectivity index (χ0v) is 15.2. The fourth-order valence-electron chi connectivity index (χ4n) is 2.75. The zero-order chi connectivity index (χ0) is 19.3. The topological polar surface area (TPSA) is 91.8 Å². The van der Waals surface area contributed by atoms with Crippen LogP contribution in [0.3, 0.4) is 0 Å². The Morgan fingerprint density at radius 2 is 1.64 bits per heavy atom. The predicted molar refractivity (Wildman–Crippen MR) is 111 cm³/mol. The van der Waals surface area contributed by atoms with E-state index < -0.39 is 0 Å². The third-order valence-electron chi connectivity index (χ3n) is 3.98. The Labute approximate surface area is 161 Å². The van der Waals surface area contributed by atoms with Crippen LogP contribution in [-0.4, -0.2) is 20.9 Å². The molecular weight excluding hydrogens is 352 g/mol. The molecule has 4 rings (SSSR count). The summed E-state index contributed by atoms with van der Waals surface area (Å²) in [6, 6.07) is 19.1. The Morgan fingerprint density at radius 1 is 0.857 bits per heavy atom. The van der Waals surface area contributed by atoms with Gasteiger partial charge >= 0.3 is 0 Å². The van der Waals surface area contributed by atoms with Crippen molar-refractivity contribution in [2.75, 3.05) is 16.0 Å². The summed E-state index contributed by atoms with van der Waals surface area (Å²) in [5.74, 6) is 1.02. The van der Waals surface area contributed by atoms with Crippen molar-refractivity contribution in [2.45, 2.75) is 6.92 Å². The van der Waals surface area contributed by atoms with Gasteiger partial charge in [-0.05, 0) is 42.5 Å². The lowest BCUT2D eigenvalue weighted by atomic mass is 10.2. The van der Waals surface area contributed by atoms with Crippen LogP contribution in [0.25, 0.3) is 10.9 Å². The van der Waals surface area contributed by atoms with Crippen molar-refractivity contribution >= 4 is 45.6 Å². The molecule has 4 aromatic rings. The van der Waals surface area contributed by atoms with Crippen LogP contribution in [0.5, 0.6) is 0 Å².